The van der Waals surface area contributed by atoms with Gasteiger partial charge in [0.25, 0.3) is 10.0 Å². The van der Waals surface area contributed by atoms with Crippen molar-refractivity contribution in [3.05, 3.63) is 34.3 Å². The van der Waals surface area contributed by atoms with E-state index in [2.05, 4.69) is 14.4 Å². The van der Waals surface area contributed by atoms with Crippen molar-refractivity contribution in [1.29, 1.82) is 0 Å². The Bertz CT molecular complexity index is 461. The molecular formula is C6H6N4O2S. The zero-order valence-electron chi connectivity index (χ0n) is 6.75. The number of rotatable bonds is 2. The van der Waals surface area contributed by atoms with Crippen LogP contribution >= 0.6 is 0 Å². The van der Waals surface area contributed by atoms with Gasteiger partial charge in [0.15, 0.2) is 5.03 Å². The Morgan fingerprint density at radius 3 is 2.85 bits per heavy atom. The summed E-state index contributed by atoms with van der Waals surface area (Å²) in [6.07, 6.45) is 1.34. The van der Waals surface area contributed by atoms with E-state index in [9.17, 15) is 8.42 Å². The normalized spacial score (nSPS) is 10.5. The van der Waals surface area contributed by atoms with Crippen molar-refractivity contribution in [2.45, 2.75) is 11.9 Å². The van der Waals surface area contributed by atoms with E-state index in [1.165, 1.54) is 12.3 Å². The highest BCUT2D eigenvalue weighted by atomic mass is 32.2. The second-order valence-corrected chi connectivity index (χ2v) is 3.85. The van der Waals surface area contributed by atoms with Crippen molar-refractivity contribution in [2.75, 3.05) is 0 Å². The van der Waals surface area contributed by atoms with Gasteiger partial charge in [-0.1, -0.05) is 0 Å². The van der Waals surface area contributed by atoms with Crippen molar-refractivity contribution in [2.24, 2.45) is 4.52 Å². The van der Waals surface area contributed by atoms with E-state index >= 15 is 0 Å². The molecule has 0 aliphatic heterocycles. The van der Waals surface area contributed by atoms with Gasteiger partial charge in [-0.25, -0.2) is 13.4 Å². The molecule has 0 fully saturated rings. The first-order valence-electron chi connectivity index (χ1n) is 3.30. The summed E-state index contributed by atoms with van der Waals surface area (Å²) in [7, 11) is -3.94. The molecule has 0 atom stereocenters. The van der Waals surface area contributed by atoms with E-state index in [0.717, 1.165) is 5.56 Å². The number of pyridine rings is 1. The second kappa shape index (κ2) is 3.42. The number of hydrogen-bond acceptors (Lipinski definition) is 3. The Hall–Kier alpha value is -1.59. The maximum absolute atomic E-state index is 11.1. The van der Waals surface area contributed by atoms with E-state index in [1.54, 1.807) is 13.0 Å². The number of aromatic nitrogens is 1. The molecule has 0 saturated carbocycles. The molecule has 0 spiro atoms. The molecule has 6 nitrogen and oxygen atoms in total. The highest BCUT2D eigenvalue weighted by Crippen LogP contribution is 2.10. The molecule has 0 amide bonds. The molecule has 1 aromatic heterocycles. The highest BCUT2D eigenvalue weighted by molar-refractivity contribution is 7.89. The average Bonchev–Trinajstić information content (AvgIpc) is 2.04. The van der Waals surface area contributed by atoms with E-state index in [4.69, 9.17) is 5.53 Å². The van der Waals surface area contributed by atoms with E-state index in [1.807, 2.05) is 0 Å². The first kappa shape index (κ1) is 9.50. The van der Waals surface area contributed by atoms with Gasteiger partial charge >= 0.3 is 0 Å². The third-order valence-corrected chi connectivity index (χ3v) is 2.34. The largest absolute Gasteiger partial charge is 0.281 e. The van der Waals surface area contributed by atoms with Crippen LogP contribution in [-0.2, 0) is 10.0 Å². The Morgan fingerprint density at radius 1 is 1.62 bits per heavy atom. The number of sulfonamides is 1. The lowest BCUT2D eigenvalue weighted by molar-refractivity contribution is 0.593. The fraction of sp³-hybridized carbons (Fsp3) is 0.167. The van der Waals surface area contributed by atoms with Gasteiger partial charge in [0, 0.05) is 15.6 Å². The smallest absolute Gasteiger partial charge is 0.244 e. The van der Waals surface area contributed by atoms with Crippen LogP contribution in [0, 0.1) is 6.92 Å². The van der Waals surface area contributed by atoms with Crippen LogP contribution in [0.2, 0.25) is 0 Å². The van der Waals surface area contributed by atoms with Crippen LogP contribution in [0.25, 0.3) is 10.4 Å². The van der Waals surface area contributed by atoms with Gasteiger partial charge in [-0.2, -0.15) is 0 Å². The van der Waals surface area contributed by atoms with Gasteiger partial charge in [-0.05, 0) is 30.2 Å². The summed E-state index contributed by atoms with van der Waals surface area (Å²) in [4.78, 5) is 5.79. The van der Waals surface area contributed by atoms with Gasteiger partial charge in [0.05, 0.1) is 0 Å². The molecule has 0 aromatic carbocycles. The van der Waals surface area contributed by atoms with Crippen LogP contribution in [0.1, 0.15) is 5.56 Å². The summed E-state index contributed by atoms with van der Waals surface area (Å²) in [5.74, 6) is 0. The van der Waals surface area contributed by atoms with Crippen LogP contribution in [-0.4, -0.2) is 13.4 Å². The topological polar surface area (TPSA) is 95.8 Å². The zero-order valence-corrected chi connectivity index (χ0v) is 7.56. The van der Waals surface area contributed by atoms with E-state index in [0.29, 0.717) is 0 Å². The van der Waals surface area contributed by atoms with Crippen LogP contribution in [0.5, 0.6) is 0 Å². The minimum Gasteiger partial charge on any atom is -0.244 e. The summed E-state index contributed by atoms with van der Waals surface area (Å²) in [6.45, 7) is 1.72. The monoisotopic (exact) mass is 198 g/mol. The van der Waals surface area contributed by atoms with Crippen LogP contribution in [0.4, 0.5) is 0 Å². The first-order valence-corrected chi connectivity index (χ1v) is 4.74. The van der Waals surface area contributed by atoms with Crippen LogP contribution < -0.4 is 0 Å². The molecule has 1 aromatic rings. The fourth-order valence-electron chi connectivity index (χ4n) is 0.739. The number of nitrogens with zero attached hydrogens (tertiary/aromatic N) is 4. The molecule has 0 bridgehead atoms. The Morgan fingerprint density at radius 2 is 2.31 bits per heavy atom. The van der Waals surface area contributed by atoms with Crippen LogP contribution in [0.15, 0.2) is 27.9 Å². The van der Waals surface area contributed by atoms with Crippen LogP contribution in [0.3, 0.4) is 0 Å². The lowest BCUT2D eigenvalue weighted by atomic mass is 10.3. The summed E-state index contributed by atoms with van der Waals surface area (Å²) in [6, 6.07) is 2.99. The molecule has 0 radical (unpaired) electrons. The quantitative estimate of drug-likeness (QED) is 0.408. The number of azide groups is 1. The summed E-state index contributed by atoms with van der Waals surface area (Å²) < 4.78 is 24.9. The first-order chi connectivity index (χ1) is 6.06. The SMILES string of the molecule is Cc1ccnc(S(=O)(=O)N=[N+]=[N-])c1. The molecule has 0 aliphatic carbocycles. The van der Waals surface area contributed by atoms with Gasteiger partial charge < -0.3 is 0 Å². The third-order valence-electron chi connectivity index (χ3n) is 1.30. The molecule has 7 heteroatoms. The Balaban J connectivity index is 3.31. The Labute approximate surface area is 74.9 Å². The molecule has 68 valence electrons. The third kappa shape index (κ3) is 2.17. The predicted molar refractivity (Wildman–Crippen MR) is 45.3 cm³/mol. The summed E-state index contributed by atoms with van der Waals surface area (Å²) in [5, 5.41) is -0.231. The predicted octanol–water partition coefficient (Wildman–Crippen LogP) is 1.39. The van der Waals surface area contributed by atoms with Gasteiger partial charge in [-0.15, -0.1) is 0 Å². The molecular weight excluding hydrogens is 192 g/mol. The minimum atomic E-state index is -3.94. The molecule has 0 unspecified atom stereocenters. The maximum atomic E-state index is 11.1. The zero-order chi connectivity index (χ0) is 9.90. The van der Waals surface area contributed by atoms with Crippen molar-refractivity contribution < 1.29 is 8.42 Å². The average molecular weight is 198 g/mol. The van der Waals surface area contributed by atoms with Crippen molar-refractivity contribution >= 4 is 10.0 Å². The van der Waals surface area contributed by atoms with Gasteiger partial charge in [0.2, 0.25) is 0 Å². The highest BCUT2D eigenvalue weighted by Gasteiger charge is 2.12. The van der Waals surface area contributed by atoms with Crippen molar-refractivity contribution in [3.8, 4) is 0 Å². The molecule has 0 aliphatic rings. The molecule has 1 heterocycles. The summed E-state index contributed by atoms with van der Waals surface area (Å²) in [5.41, 5.74) is 8.72. The fourth-order valence-corrected chi connectivity index (χ4v) is 1.45. The minimum absolute atomic E-state index is 0.231. The standard InChI is InChI=1S/C6H6N4O2S/c1-5-2-3-8-6(4-5)13(11,12)10-9-7/h2-4H,1H3. The maximum Gasteiger partial charge on any atom is 0.281 e. The lowest BCUT2D eigenvalue weighted by Crippen LogP contribution is -1.98. The van der Waals surface area contributed by atoms with Crippen molar-refractivity contribution in [3.63, 3.8) is 0 Å². The second-order valence-electron chi connectivity index (χ2n) is 2.32. The van der Waals surface area contributed by atoms with Gasteiger partial charge in [0.1, 0.15) is 0 Å². The van der Waals surface area contributed by atoms with Crippen molar-refractivity contribution in [1.82, 2.24) is 4.98 Å². The molecule has 0 N–H and O–H groups in total. The van der Waals surface area contributed by atoms with E-state index in [-0.39, 0.29) is 5.03 Å². The number of aryl methyl sites for hydroxylation is 1. The Kier molecular flexibility index (Phi) is 2.50. The van der Waals surface area contributed by atoms with E-state index < -0.39 is 10.0 Å². The number of hydrogen-bond donors (Lipinski definition) is 0. The van der Waals surface area contributed by atoms with Gasteiger partial charge in [-0.3, -0.25) is 0 Å². The molecule has 13 heavy (non-hydrogen) atoms. The molecule has 1 rings (SSSR count). The molecule has 0 saturated heterocycles. The summed E-state index contributed by atoms with van der Waals surface area (Å²) >= 11 is 0. The lowest BCUT2D eigenvalue weighted by Gasteiger charge is -1.96.